The van der Waals surface area contributed by atoms with E-state index in [-0.39, 0.29) is 0 Å². The van der Waals surface area contributed by atoms with Crippen molar-refractivity contribution in [3.63, 3.8) is 0 Å². The van der Waals surface area contributed by atoms with Gasteiger partial charge in [0.1, 0.15) is 12.4 Å². The summed E-state index contributed by atoms with van der Waals surface area (Å²) < 4.78 is 5.56. The van der Waals surface area contributed by atoms with Gasteiger partial charge in [-0.15, -0.1) is 23.1 Å². The maximum Gasteiger partial charge on any atom is 0.135 e. The molecular formula is C8H11NOS2. The van der Waals surface area contributed by atoms with Crippen molar-refractivity contribution in [2.75, 3.05) is 19.4 Å². The molecule has 0 amide bonds. The van der Waals surface area contributed by atoms with Gasteiger partial charge in [-0.05, 0) is 6.26 Å². The molecule has 1 unspecified atom stereocenters. The molecule has 1 atom stereocenters. The van der Waals surface area contributed by atoms with Crippen molar-refractivity contribution in [2.45, 2.75) is 5.37 Å². The van der Waals surface area contributed by atoms with Crippen LogP contribution in [0.15, 0.2) is 10.8 Å². The van der Waals surface area contributed by atoms with E-state index in [4.69, 9.17) is 4.74 Å². The van der Waals surface area contributed by atoms with Gasteiger partial charge in [0.05, 0.1) is 5.37 Å². The van der Waals surface area contributed by atoms with Gasteiger partial charge in [-0.3, -0.25) is 5.32 Å². The molecule has 0 aromatic carbocycles. The van der Waals surface area contributed by atoms with Gasteiger partial charge in [-0.1, -0.05) is 0 Å². The highest BCUT2D eigenvalue weighted by atomic mass is 32.2. The summed E-state index contributed by atoms with van der Waals surface area (Å²) in [6, 6.07) is 0. The molecule has 4 heteroatoms. The van der Waals surface area contributed by atoms with Gasteiger partial charge in [-0.2, -0.15) is 0 Å². The molecule has 1 N–H and O–H groups in total. The summed E-state index contributed by atoms with van der Waals surface area (Å²) in [6.07, 6.45) is 2.12. The molecule has 1 aliphatic rings. The Morgan fingerprint density at radius 1 is 1.67 bits per heavy atom. The molecule has 1 aromatic heterocycles. The fourth-order valence-corrected chi connectivity index (χ4v) is 2.88. The zero-order valence-corrected chi connectivity index (χ0v) is 8.50. The van der Waals surface area contributed by atoms with Crippen molar-refractivity contribution < 1.29 is 4.74 Å². The molecule has 1 aliphatic heterocycles. The monoisotopic (exact) mass is 201 g/mol. The number of fused-ring (bicyclic) bond motifs is 1. The van der Waals surface area contributed by atoms with Gasteiger partial charge in [-0.25, -0.2) is 0 Å². The van der Waals surface area contributed by atoms with E-state index in [0.717, 1.165) is 18.9 Å². The minimum absolute atomic E-state index is 0.411. The summed E-state index contributed by atoms with van der Waals surface area (Å²) in [5.74, 6) is 1.06. The number of thioether (sulfide) groups is 1. The van der Waals surface area contributed by atoms with E-state index < -0.39 is 0 Å². The minimum atomic E-state index is 0.411. The van der Waals surface area contributed by atoms with Crippen LogP contribution in [0.2, 0.25) is 0 Å². The minimum Gasteiger partial charge on any atom is -0.491 e. The average Bonchev–Trinajstić information content (AvgIpc) is 2.46. The highest BCUT2D eigenvalue weighted by molar-refractivity contribution is 7.98. The maximum atomic E-state index is 5.56. The van der Waals surface area contributed by atoms with Crippen molar-refractivity contribution in [1.82, 2.24) is 5.32 Å². The van der Waals surface area contributed by atoms with Crippen LogP contribution >= 0.6 is 23.1 Å². The zero-order valence-electron chi connectivity index (χ0n) is 6.87. The number of hydrogen-bond donors (Lipinski definition) is 1. The SMILES string of the molecule is CSC1NCCOc2cscc21. The number of rotatable bonds is 1. The molecule has 0 saturated heterocycles. The second-order valence-electron chi connectivity index (χ2n) is 2.61. The van der Waals surface area contributed by atoms with Crippen LogP contribution in [0.1, 0.15) is 10.9 Å². The van der Waals surface area contributed by atoms with Crippen molar-refractivity contribution in [2.24, 2.45) is 0 Å². The van der Waals surface area contributed by atoms with Crippen LogP contribution in [0, 0.1) is 0 Å². The fourth-order valence-electron chi connectivity index (χ4n) is 1.27. The molecule has 2 heterocycles. The Morgan fingerprint density at radius 3 is 3.42 bits per heavy atom. The molecule has 0 aliphatic carbocycles. The third kappa shape index (κ3) is 1.46. The molecule has 0 saturated carbocycles. The molecule has 0 bridgehead atoms. The third-order valence-corrected chi connectivity index (χ3v) is 3.49. The van der Waals surface area contributed by atoms with Gasteiger partial charge in [0, 0.05) is 22.9 Å². The highest BCUT2D eigenvalue weighted by Crippen LogP contribution is 2.35. The summed E-state index contributed by atoms with van der Waals surface area (Å²) in [4.78, 5) is 0. The summed E-state index contributed by atoms with van der Waals surface area (Å²) in [5.41, 5.74) is 1.30. The summed E-state index contributed by atoms with van der Waals surface area (Å²) in [7, 11) is 0. The van der Waals surface area contributed by atoms with Gasteiger partial charge < -0.3 is 4.74 Å². The predicted octanol–water partition coefficient (Wildman–Crippen LogP) is 2.09. The molecular weight excluding hydrogens is 190 g/mol. The lowest BCUT2D eigenvalue weighted by molar-refractivity contribution is 0.327. The van der Waals surface area contributed by atoms with Crippen molar-refractivity contribution in [1.29, 1.82) is 0 Å². The van der Waals surface area contributed by atoms with Crippen molar-refractivity contribution in [3.05, 3.63) is 16.3 Å². The Kier molecular flexibility index (Phi) is 2.58. The molecule has 1 aromatic rings. The van der Waals surface area contributed by atoms with Crippen LogP contribution in [-0.2, 0) is 0 Å². The largest absolute Gasteiger partial charge is 0.491 e. The molecule has 0 fully saturated rings. The van der Waals surface area contributed by atoms with E-state index in [1.807, 2.05) is 11.8 Å². The maximum absolute atomic E-state index is 5.56. The first-order valence-corrected chi connectivity index (χ1v) is 6.10. The lowest BCUT2D eigenvalue weighted by Crippen LogP contribution is -2.20. The summed E-state index contributed by atoms with van der Waals surface area (Å²) in [5, 5.41) is 8.07. The van der Waals surface area contributed by atoms with Crippen LogP contribution in [0.4, 0.5) is 0 Å². The molecule has 2 nitrogen and oxygen atoms in total. The lowest BCUT2D eigenvalue weighted by Gasteiger charge is -2.11. The Labute approximate surface area is 80.3 Å². The van der Waals surface area contributed by atoms with Gasteiger partial charge in [0.25, 0.3) is 0 Å². The van der Waals surface area contributed by atoms with E-state index >= 15 is 0 Å². The van der Waals surface area contributed by atoms with E-state index in [1.165, 1.54) is 5.56 Å². The summed E-state index contributed by atoms with van der Waals surface area (Å²) in [6.45, 7) is 1.71. The van der Waals surface area contributed by atoms with Crippen LogP contribution in [-0.4, -0.2) is 19.4 Å². The summed E-state index contributed by atoms with van der Waals surface area (Å²) >= 11 is 3.53. The van der Waals surface area contributed by atoms with Crippen molar-refractivity contribution >= 4 is 23.1 Å². The topological polar surface area (TPSA) is 21.3 Å². The number of ether oxygens (including phenoxy) is 1. The first-order valence-electron chi connectivity index (χ1n) is 3.87. The smallest absolute Gasteiger partial charge is 0.135 e. The number of nitrogens with one attached hydrogen (secondary N) is 1. The third-order valence-electron chi connectivity index (χ3n) is 1.86. The Hall–Kier alpha value is -0.190. The molecule has 0 spiro atoms. The van der Waals surface area contributed by atoms with Gasteiger partial charge in [0.15, 0.2) is 0 Å². The lowest BCUT2D eigenvalue weighted by atomic mass is 10.3. The van der Waals surface area contributed by atoms with Crippen LogP contribution < -0.4 is 10.1 Å². The normalized spacial score (nSPS) is 22.6. The van der Waals surface area contributed by atoms with E-state index in [2.05, 4.69) is 22.3 Å². The van der Waals surface area contributed by atoms with Gasteiger partial charge >= 0.3 is 0 Å². The molecule has 12 heavy (non-hydrogen) atoms. The zero-order chi connectivity index (χ0) is 8.39. The first-order chi connectivity index (χ1) is 5.92. The Bertz CT molecular complexity index is 261. The van der Waals surface area contributed by atoms with Crippen LogP contribution in [0.3, 0.4) is 0 Å². The van der Waals surface area contributed by atoms with E-state index in [1.54, 1.807) is 11.3 Å². The quantitative estimate of drug-likeness (QED) is 0.752. The second kappa shape index (κ2) is 3.68. The Morgan fingerprint density at radius 2 is 2.58 bits per heavy atom. The standard InChI is InChI=1S/C8H11NOS2/c1-11-8-6-4-12-5-7(6)10-3-2-9-8/h4-5,8-9H,2-3H2,1H3. The first kappa shape index (κ1) is 8.41. The number of thiophene rings is 1. The molecule has 66 valence electrons. The Balaban J connectivity index is 2.29. The van der Waals surface area contributed by atoms with E-state index in [0.29, 0.717) is 5.37 Å². The predicted molar refractivity (Wildman–Crippen MR) is 54.1 cm³/mol. The number of hydrogen-bond acceptors (Lipinski definition) is 4. The van der Waals surface area contributed by atoms with Gasteiger partial charge in [0.2, 0.25) is 0 Å². The fraction of sp³-hybridized carbons (Fsp3) is 0.500. The average molecular weight is 201 g/mol. The van der Waals surface area contributed by atoms with Crippen LogP contribution in [0.5, 0.6) is 5.75 Å². The van der Waals surface area contributed by atoms with Crippen molar-refractivity contribution in [3.8, 4) is 5.75 Å². The van der Waals surface area contributed by atoms with E-state index in [9.17, 15) is 0 Å². The molecule has 0 radical (unpaired) electrons. The highest BCUT2D eigenvalue weighted by Gasteiger charge is 2.18. The van der Waals surface area contributed by atoms with Crippen LogP contribution in [0.25, 0.3) is 0 Å². The molecule has 2 rings (SSSR count). The second-order valence-corrected chi connectivity index (χ2v) is 4.30.